The maximum absolute atomic E-state index is 6.29. The standard InChI is InChI=1S/C64H43NO2/c1-3-15-45-37-50(29-28-43(45)13-1)58(35-42-27-33-63-59(36-42)56-23-7-9-25-61(56)66-63)48-18-11-17-47(38-48)54-21-5-6-22-55(54)49-19-12-20-51(40-49)65(52-31-30-44-14-2-4-16-46(44)39-52)53-32-34-64-60(41-53)57-24-8-10-26-62(57)67-64/h1-34,36-41,58H,35H2. The molecule has 1 atom stereocenters. The Morgan fingerprint density at radius 3 is 1.55 bits per heavy atom. The van der Waals surface area contributed by atoms with Gasteiger partial charge in [0.1, 0.15) is 22.3 Å². The number of rotatable bonds is 9. The minimum Gasteiger partial charge on any atom is -0.456 e. The van der Waals surface area contributed by atoms with E-state index in [0.717, 1.165) is 72.9 Å². The zero-order valence-corrected chi connectivity index (χ0v) is 36.6. The van der Waals surface area contributed by atoms with E-state index in [1.54, 1.807) is 0 Å². The minimum absolute atomic E-state index is 0.107. The lowest BCUT2D eigenvalue weighted by atomic mass is 9.83. The largest absolute Gasteiger partial charge is 0.456 e. The minimum atomic E-state index is 0.107. The monoisotopic (exact) mass is 857 g/mol. The van der Waals surface area contributed by atoms with Crippen molar-refractivity contribution in [1.82, 2.24) is 0 Å². The van der Waals surface area contributed by atoms with Gasteiger partial charge in [-0.05, 0) is 134 Å². The van der Waals surface area contributed by atoms with Crippen LogP contribution in [-0.2, 0) is 6.42 Å². The molecule has 2 aromatic heterocycles. The van der Waals surface area contributed by atoms with Crippen molar-refractivity contribution >= 4 is 82.5 Å². The van der Waals surface area contributed by atoms with Crippen LogP contribution < -0.4 is 4.90 Å². The number of hydrogen-bond donors (Lipinski definition) is 0. The predicted molar refractivity (Wildman–Crippen MR) is 280 cm³/mol. The first kappa shape index (κ1) is 38.8. The molecule has 0 spiro atoms. The summed E-state index contributed by atoms with van der Waals surface area (Å²) in [4.78, 5) is 2.37. The van der Waals surface area contributed by atoms with Gasteiger partial charge in [-0.2, -0.15) is 0 Å². The quantitative estimate of drug-likeness (QED) is 0.145. The smallest absolute Gasteiger partial charge is 0.135 e. The summed E-state index contributed by atoms with van der Waals surface area (Å²) in [5.41, 5.74) is 15.4. The molecule has 0 aliphatic heterocycles. The van der Waals surface area contributed by atoms with Crippen molar-refractivity contribution < 1.29 is 8.83 Å². The van der Waals surface area contributed by atoms with Gasteiger partial charge in [0.2, 0.25) is 0 Å². The molecule has 0 amide bonds. The molecule has 1 unspecified atom stereocenters. The second-order valence-electron chi connectivity index (χ2n) is 17.7. The number of furan rings is 2. The Balaban J connectivity index is 0.917. The van der Waals surface area contributed by atoms with Crippen molar-refractivity contribution in [2.45, 2.75) is 12.3 Å². The van der Waals surface area contributed by atoms with Gasteiger partial charge in [0.05, 0.1) is 0 Å². The summed E-state index contributed by atoms with van der Waals surface area (Å²) in [6.45, 7) is 0. The van der Waals surface area contributed by atoms with Crippen LogP contribution in [0.2, 0.25) is 0 Å². The third kappa shape index (κ3) is 7.00. The first-order valence-corrected chi connectivity index (χ1v) is 23.1. The molecule has 0 N–H and O–H groups in total. The van der Waals surface area contributed by atoms with Crippen LogP contribution in [-0.4, -0.2) is 0 Å². The molecule has 11 aromatic carbocycles. The topological polar surface area (TPSA) is 29.5 Å². The Bertz CT molecular complexity index is 4000. The summed E-state index contributed by atoms with van der Waals surface area (Å²) in [7, 11) is 0. The molecule has 0 saturated carbocycles. The van der Waals surface area contributed by atoms with E-state index in [0.29, 0.717) is 0 Å². The van der Waals surface area contributed by atoms with Crippen LogP contribution in [0.1, 0.15) is 22.6 Å². The summed E-state index contributed by atoms with van der Waals surface area (Å²) in [5.74, 6) is 0.107. The Hall–Kier alpha value is -8.66. The van der Waals surface area contributed by atoms with Gasteiger partial charge in [-0.3, -0.25) is 0 Å². The van der Waals surface area contributed by atoms with E-state index in [1.165, 1.54) is 54.9 Å². The van der Waals surface area contributed by atoms with Crippen molar-refractivity contribution in [3.05, 3.63) is 259 Å². The van der Waals surface area contributed by atoms with Gasteiger partial charge >= 0.3 is 0 Å². The Kier molecular flexibility index (Phi) is 9.31. The lowest BCUT2D eigenvalue weighted by molar-refractivity contribution is 0.668. The highest BCUT2D eigenvalue weighted by molar-refractivity contribution is 6.07. The maximum Gasteiger partial charge on any atom is 0.135 e. The van der Waals surface area contributed by atoms with Crippen LogP contribution in [0.15, 0.2) is 251 Å². The lowest BCUT2D eigenvalue weighted by Gasteiger charge is -2.26. The Morgan fingerprint density at radius 2 is 0.821 bits per heavy atom. The molecule has 2 heterocycles. The first-order chi connectivity index (χ1) is 33.2. The second-order valence-corrected chi connectivity index (χ2v) is 17.7. The molecular formula is C64H43NO2. The van der Waals surface area contributed by atoms with Crippen molar-refractivity contribution in [1.29, 1.82) is 0 Å². The number of anilines is 3. The molecule has 3 nitrogen and oxygen atoms in total. The average molecular weight is 858 g/mol. The molecule has 0 aliphatic rings. The zero-order chi connectivity index (χ0) is 44.3. The number of fused-ring (bicyclic) bond motifs is 8. The van der Waals surface area contributed by atoms with E-state index >= 15 is 0 Å². The summed E-state index contributed by atoms with van der Waals surface area (Å²) in [5, 5.41) is 9.41. The SMILES string of the molecule is c1cc(-c2ccccc2-c2cccc(N(c3ccc4ccccc4c3)c3ccc4oc5ccccc5c4c3)c2)cc(C(Cc2ccc3oc4ccccc4c3c2)c2ccc3ccccc3c2)c1. The van der Waals surface area contributed by atoms with Gasteiger partial charge in [-0.15, -0.1) is 0 Å². The summed E-state index contributed by atoms with van der Waals surface area (Å²) in [6.07, 6.45) is 0.839. The molecule has 0 fully saturated rings. The highest BCUT2D eigenvalue weighted by Gasteiger charge is 2.21. The molecular weight excluding hydrogens is 815 g/mol. The summed E-state index contributed by atoms with van der Waals surface area (Å²) >= 11 is 0. The van der Waals surface area contributed by atoms with Gasteiger partial charge in [0, 0.05) is 44.5 Å². The number of hydrogen-bond acceptors (Lipinski definition) is 3. The molecule has 13 rings (SSSR count). The summed E-state index contributed by atoms with van der Waals surface area (Å²) < 4.78 is 12.5. The van der Waals surface area contributed by atoms with Crippen molar-refractivity contribution in [3.8, 4) is 22.3 Å². The third-order valence-corrected chi connectivity index (χ3v) is 13.6. The van der Waals surface area contributed by atoms with E-state index in [9.17, 15) is 0 Å². The van der Waals surface area contributed by atoms with Crippen molar-refractivity contribution in [2.75, 3.05) is 4.90 Å². The van der Waals surface area contributed by atoms with Crippen LogP contribution >= 0.6 is 0 Å². The fraction of sp³-hybridized carbons (Fsp3) is 0.0312. The fourth-order valence-corrected chi connectivity index (χ4v) is 10.3. The first-order valence-electron chi connectivity index (χ1n) is 23.1. The van der Waals surface area contributed by atoms with Crippen LogP contribution in [0.25, 0.3) is 87.7 Å². The molecule has 0 aliphatic carbocycles. The van der Waals surface area contributed by atoms with Gasteiger partial charge in [0.25, 0.3) is 0 Å². The van der Waals surface area contributed by atoms with Gasteiger partial charge in [-0.1, -0.05) is 176 Å². The molecule has 0 saturated heterocycles. The average Bonchev–Trinajstić information content (AvgIpc) is 3.96. The molecule has 3 heteroatoms. The van der Waals surface area contributed by atoms with Crippen molar-refractivity contribution in [2.24, 2.45) is 0 Å². The van der Waals surface area contributed by atoms with Gasteiger partial charge < -0.3 is 13.7 Å². The highest BCUT2D eigenvalue weighted by Crippen LogP contribution is 2.43. The van der Waals surface area contributed by atoms with Crippen LogP contribution in [0, 0.1) is 0 Å². The summed E-state index contributed by atoms with van der Waals surface area (Å²) in [6, 6.07) is 87.9. The number of para-hydroxylation sites is 2. The molecule has 13 aromatic rings. The van der Waals surface area contributed by atoms with E-state index in [1.807, 2.05) is 18.2 Å². The second kappa shape index (κ2) is 16.1. The van der Waals surface area contributed by atoms with Gasteiger partial charge in [0.15, 0.2) is 0 Å². The molecule has 0 bridgehead atoms. The Morgan fingerprint density at radius 1 is 0.313 bits per heavy atom. The van der Waals surface area contributed by atoms with Crippen molar-refractivity contribution in [3.63, 3.8) is 0 Å². The van der Waals surface area contributed by atoms with E-state index in [-0.39, 0.29) is 5.92 Å². The van der Waals surface area contributed by atoms with E-state index < -0.39 is 0 Å². The van der Waals surface area contributed by atoms with Crippen LogP contribution in [0.4, 0.5) is 17.1 Å². The number of nitrogens with zero attached hydrogens (tertiary/aromatic N) is 1. The molecule has 316 valence electrons. The third-order valence-electron chi connectivity index (χ3n) is 13.6. The lowest BCUT2D eigenvalue weighted by Crippen LogP contribution is -2.10. The number of benzene rings is 11. The van der Waals surface area contributed by atoms with Gasteiger partial charge in [-0.25, -0.2) is 0 Å². The molecule has 67 heavy (non-hydrogen) atoms. The fourth-order valence-electron chi connectivity index (χ4n) is 10.3. The maximum atomic E-state index is 6.29. The van der Waals surface area contributed by atoms with E-state index in [2.05, 4.69) is 229 Å². The normalized spacial score (nSPS) is 12.2. The van der Waals surface area contributed by atoms with Crippen LogP contribution in [0.5, 0.6) is 0 Å². The highest BCUT2D eigenvalue weighted by atomic mass is 16.3. The Labute approximate surface area is 388 Å². The molecule has 0 radical (unpaired) electrons. The van der Waals surface area contributed by atoms with E-state index in [4.69, 9.17) is 8.83 Å². The van der Waals surface area contributed by atoms with Crippen LogP contribution in [0.3, 0.4) is 0 Å². The zero-order valence-electron chi connectivity index (χ0n) is 36.6. The predicted octanol–water partition coefficient (Wildman–Crippen LogP) is 18.0.